The van der Waals surface area contributed by atoms with Crippen molar-refractivity contribution in [1.82, 2.24) is 19.7 Å². The standard InChI is InChI=1S/C22H28N6O/c1-22(2)11-20-16(12-25-26(20)3)13-28(14-22)21-18-10-17(27-6-8-29-9-7-27)4-5-19(18)23-15-24-21/h4-5,10,12,15H,6-9,11,13-14H2,1-3H3. The lowest BCUT2D eigenvalue weighted by Gasteiger charge is -2.32. The normalized spacial score (nSPS) is 19.3. The van der Waals surface area contributed by atoms with Crippen LogP contribution in [0.15, 0.2) is 30.7 Å². The van der Waals surface area contributed by atoms with Crippen LogP contribution >= 0.6 is 0 Å². The Morgan fingerprint density at radius 2 is 1.90 bits per heavy atom. The number of fused-ring (bicyclic) bond motifs is 2. The van der Waals surface area contributed by atoms with Crippen LogP contribution in [0, 0.1) is 5.41 Å². The van der Waals surface area contributed by atoms with Crippen molar-refractivity contribution in [3.8, 4) is 0 Å². The number of anilines is 2. The first kappa shape index (κ1) is 18.4. The van der Waals surface area contributed by atoms with Gasteiger partial charge >= 0.3 is 0 Å². The molecule has 5 rings (SSSR count). The van der Waals surface area contributed by atoms with Crippen LogP contribution < -0.4 is 9.80 Å². The minimum atomic E-state index is 0.123. The van der Waals surface area contributed by atoms with E-state index >= 15 is 0 Å². The molecule has 0 N–H and O–H groups in total. The van der Waals surface area contributed by atoms with E-state index in [2.05, 4.69) is 51.9 Å². The fraction of sp³-hybridized carbons (Fsp3) is 0.500. The Hall–Kier alpha value is -2.67. The predicted octanol–water partition coefficient (Wildman–Crippen LogP) is 2.79. The smallest absolute Gasteiger partial charge is 0.140 e. The van der Waals surface area contributed by atoms with Gasteiger partial charge in [0, 0.05) is 55.6 Å². The molecule has 2 aliphatic heterocycles. The Bertz CT molecular complexity index is 1040. The summed E-state index contributed by atoms with van der Waals surface area (Å²) in [5, 5.41) is 5.62. The molecule has 1 saturated heterocycles. The highest BCUT2D eigenvalue weighted by molar-refractivity contribution is 5.92. The predicted molar refractivity (Wildman–Crippen MR) is 114 cm³/mol. The summed E-state index contributed by atoms with van der Waals surface area (Å²) in [7, 11) is 2.04. The lowest BCUT2D eigenvalue weighted by atomic mass is 9.87. The van der Waals surface area contributed by atoms with E-state index in [9.17, 15) is 0 Å². The second-order valence-corrected chi connectivity index (χ2v) is 8.94. The number of morpholine rings is 1. The van der Waals surface area contributed by atoms with Gasteiger partial charge in [-0.3, -0.25) is 4.68 Å². The largest absolute Gasteiger partial charge is 0.378 e. The molecule has 4 heterocycles. The van der Waals surface area contributed by atoms with E-state index in [1.54, 1.807) is 6.33 Å². The molecule has 0 aliphatic carbocycles. The molecule has 3 aromatic rings. The van der Waals surface area contributed by atoms with Crippen LogP contribution in [-0.2, 0) is 24.8 Å². The monoisotopic (exact) mass is 392 g/mol. The molecule has 1 aromatic carbocycles. The molecule has 29 heavy (non-hydrogen) atoms. The molecule has 0 atom stereocenters. The molecule has 2 aliphatic rings. The number of nitrogens with zero attached hydrogens (tertiary/aromatic N) is 6. The minimum absolute atomic E-state index is 0.123. The summed E-state index contributed by atoms with van der Waals surface area (Å²) < 4.78 is 7.54. The summed E-state index contributed by atoms with van der Waals surface area (Å²) in [5.74, 6) is 1.01. The number of ether oxygens (including phenoxy) is 1. The van der Waals surface area contributed by atoms with Gasteiger partial charge in [-0.1, -0.05) is 13.8 Å². The lowest BCUT2D eigenvalue weighted by molar-refractivity contribution is 0.122. The number of rotatable bonds is 2. The average Bonchev–Trinajstić information content (AvgIpc) is 2.98. The number of hydrogen-bond acceptors (Lipinski definition) is 6. The first-order valence-electron chi connectivity index (χ1n) is 10.3. The van der Waals surface area contributed by atoms with Crippen LogP contribution in [0.5, 0.6) is 0 Å². The molecule has 0 radical (unpaired) electrons. The Kier molecular flexibility index (Phi) is 4.42. The third kappa shape index (κ3) is 3.44. The molecule has 152 valence electrons. The van der Waals surface area contributed by atoms with E-state index in [-0.39, 0.29) is 5.41 Å². The Balaban J connectivity index is 1.58. The van der Waals surface area contributed by atoms with Crippen LogP contribution in [0.3, 0.4) is 0 Å². The van der Waals surface area contributed by atoms with Crippen molar-refractivity contribution < 1.29 is 4.74 Å². The van der Waals surface area contributed by atoms with Crippen LogP contribution in [0.2, 0.25) is 0 Å². The molecule has 0 saturated carbocycles. The second-order valence-electron chi connectivity index (χ2n) is 8.94. The summed E-state index contributed by atoms with van der Waals surface area (Å²) in [6, 6.07) is 6.53. The summed E-state index contributed by atoms with van der Waals surface area (Å²) in [6.07, 6.45) is 4.71. The van der Waals surface area contributed by atoms with Crippen LogP contribution in [0.4, 0.5) is 11.5 Å². The molecule has 7 heteroatoms. The van der Waals surface area contributed by atoms with Crippen molar-refractivity contribution in [2.45, 2.75) is 26.8 Å². The quantitative estimate of drug-likeness (QED) is 0.668. The average molecular weight is 393 g/mol. The molecule has 7 nitrogen and oxygen atoms in total. The number of hydrogen-bond donors (Lipinski definition) is 0. The van der Waals surface area contributed by atoms with Gasteiger partial charge in [0.2, 0.25) is 0 Å². The van der Waals surface area contributed by atoms with Gasteiger partial charge in [-0.05, 0) is 30.0 Å². The van der Waals surface area contributed by atoms with Gasteiger partial charge in [0.05, 0.1) is 24.9 Å². The molecular formula is C22H28N6O. The van der Waals surface area contributed by atoms with Gasteiger partial charge in [-0.25, -0.2) is 9.97 Å². The number of aromatic nitrogens is 4. The third-order valence-electron chi connectivity index (χ3n) is 6.05. The van der Waals surface area contributed by atoms with E-state index in [0.717, 1.165) is 62.5 Å². The lowest BCUT2D eigenvalue weighted by Crippen LogP contribution is -2.36. The maximum atomic E-state index is 5.52. The van der Waals surface area contributed by atoms with E-state index in [1.807, 2.05) is 17.9 Å². The first-order chi connectivity index (χ1) is 14.0. The van der Waals surface area contributed by atoms with Crippen LogP contribution in [0.1, 0.15) is 25.1 Å². The molecular weight excluding hydrogens is 364 g/mol. The first-order valence-corrected chi connectivity index (χ1v) is 10.3. The van der Waals surface area contributed by atoms with Crippen molar-refractivity contribution in [2.75, 3.05) is 42.6 Å². The highest BCUT2D eigenvalue weighted by Crippen LogP contribution is 2.35. The van der Waals surface area contributed by atoms with Crippen molar-refractivity contribution in [2.24, 2.45) is 12.5 Å². The summed E-state index contributed by atoms with van der Waals surface area (Å²) in [4.78, 5) is 14.1. The molecule has 0 bridgehead atoms. The Morgan fingerprint density at radius 1 is 1.07 bits per heavy atom. The van der Waals surface area contributed by atoms with Gasteiger partial charge in [0.1, 0.15) is 12.1 Å². The zero-order chi connectivity index (χ0) is 20.0. The van der Waals surface area contributed by atoms with Crippen LogP contribution in [-0.4, -0.2) is 52.6 Å². The zero-order valence-electron chi connectivity index (χ0n) is 17.4. The maximum absolute atomic E-state index is 5.52. The van der Waals surface area contributed by atoms with E-state index < -0.39 is 0 Å². The van der Waals surface area contributed by atoms with Crippen LogP contribution in [0.25, 0.3) is 10.9 Å². The van der Waals surface area contributed by atoms with Gasteiger partial charge in [-0.2, -0.15) is 5.10 Å². The van der Waals surface area contributed by atoms with E-state index in [1.165, 1.54) is 16.9 Å². The fourth-order valence-electron chi connectivity index (χ4n) is 4.61. The van der Waals surface area contributed by atoms with E-state index in [0.29, 0.717) is 0 Å². The zero-order valence-corrected chi connectivity index (χ0v) is 17.4. The summed E-state index contributed by atoms with van der Waals surface area (Å²) in [6.45, 7) is 9.81. The molecule has 2 aromatic heterocycles. The Morgan fingerprint density at radius 3 is 2.72 bits per heavy atom. The number of benzene rings is 1. The molecule has 0 amide bonds. The van der Waals surface area contributed by atoms with Gasteiger partial charge < -0.3 is 14.5 Å². The van der Waals surface area contributed by atoms with E-state index in [4.69, 9.17) is 9.72 Å². The highest BCUT2D eigenvalue weighted by Gasteiger charge is 2.31. The van der Waals surface area contributed by atoms with Gasteiger partial charge in [-0.15, -0.1) is 0 Å². The van der Waals surface area contributed by atoms with Gasteiger partial charge in [0.15, 0.2) is 0 Å². The van der Waals surface area contributed by atoms with Crippen molar-refractivity contribution in [3.63, 3.8) is 0 Å². The SMILES string of the molecule is Cn1ncc2c1CC(C)(C)CN(c1ncnc3ccc(N4CCOCC4)cc13)C2. The summed E-state index contributed by atoms with van der Waals surface area (Å²) in [5.41, 5.74) is 4.94. The summed E-state index contributed by atoms with van der Waals surface area (Å²) >= 11 is 0. The molecule has 0 spiro atoms. The Labute approximate surface area is 171 Å². The molecule has 1 fully saturated rings. The van der Waals surface area contributed by atoms with Crippen molar-refractivity contribution in [1.29, 1.82) is 0 Å². The van der Waals surface area contributed by atoms with Gasteiger partial charge in [0.25, 0.3) is 0 Å². The van der Waals surface area contributed by atoms with Crippen molar-refractivity contribution in [3.05, 3.63) is 42.0 Å². The van der Waals surface area contributed by atoms with Crippen molar-refractivity contribution >= 4 is 22.4 Å². The third-order valence-corrected chi connectivity index (χ3v) is 6.05. The molecule has 0 unspecified atom stereocenters. The maximum Gasteiger partial charge on any atom is 0.140 e. The topological polar surface area (TPSA) is 59.3 Å². The second kappa shape index (κ2) is 6.99. The number of aryl methyl sites for hydroxylation is 1. The fourth-order valence-corrected chi connectivity index (χ4v) is 4.61. The minimum Gasteiger partial charge on any atom is -0.378 e. The highest BCUT2D eigenvalue weighted by atomic mass is 16.5.